The first kappa shape index (κ1) is 25.9. The van der Waals surface area contributed by atoms with Gasteiger partial charge in [0.05, 0.1) is 12.4 Å². The molecule has 0 aromatic carbocycles. The Morgan fingerprint density at radius 1 is 1.16 bits per heavy atom. The molecule has 37 heavy (non-hydrogen) atoms. The number of aliphatic hydroxyl groups is 2. The zero-order valence-electron chi connectivity index (χ0n) is 19.5. The van der Waals surface area contributed by atoms with Crippen LogP contribution in [0.3, 0.4) is 0 Å². The second kappa shape index (κ2) is 10.8. The lowest BCUT2D eigenvalue weighted by molar-refractivity contribution is -0.138. The number of carboxylic acid groups (broad SMARTS) is 1. The monoisotopic (exact) mass is 510 g/mol. The molecule has 1 aliphatic heterocycles. The molecule has 1 fully saturated rings. The van der Waals surface area contributed by atoms with Crippen LogP contribution >= 0.6 is 0 Å². The Labute approximate surface area is 210 Å². The molecule has 1 amide bonds. The Kier molecular flexibility index (Phi) is 7.60. The van der Waals surface area contributed by atoms with Crippen LogP contribution in [0.25, 0.3) is 11.2 Å². The number of hydrogen-bond donors (Lipinski definition) is 6. The van der Waals surface area contributed by atoms with Crippen LogP contribution < -0.4 is 17.2 Å². The van der Waals surface area contributed by atoms with Crippen molar-refractivity contribution in [3.63, 3.8) is 0 Å². The van der Waals surface area contributed by atoms with Crippen LogP contribution in [0.1, 0.15) is 41.5 Å². The summed E-state index contributed by atoms with van der Waals surface area (Å²) in [6.45, 7) is 0. The Morgan fingerprint density at radius 3 is 2.68 bits per heavy atom. The number of nitrogen functional groups attached to an aromatic ring is 1. The third-order valence-corrected chi connectivity index (χ3v) is 6.11. The summed E-state index contributed by atoms with van der Waals surface area (Å²) in [6.07, 6.45) is 0.0938. The Hall–Kier alpha value is -4.16. The van der Waals surface area contributed by atoms with Crippen molar-refractivity contribution in [3.8, 4) is 11.8 Å². The highest BCUT2D eigenvalue weighted by Crippen LogP contribution is 2.35. The molecule has 1 aliphatic rings. The van der Waals surface area contributed by atoms with Gasteiger partial charge >= 0.3 is 5.97 Å². The summed E-state index contributed by atoms with van der Waals surface area (Å²) < 4.78 is 7.46. The number of hydrogen-bond acceptors (Lipinski definition) is 11. The highest BCUT2D eigenvalue weighted by Gasteiger charge is 2.45. The number of carbonyl (C=O) groups excluding carboxylic acids is 1. The number of pyridine rings is 1. The predicted octanol–water partition coefficient (Wildman–Crippen LogP) is -1.23. The van der Waals surface area contributed by atoms with Gasteiger partial charge in [-0.1, -0.05) is 5.92 Å². The van der Waals surface area contributed by atoms with Crippen molar-refractivity contribution < 1.29 is 29.6 Å². The number of ether oxygens (including phenoxy) is 1. The first-order valence-corrected chi connectivity index (χ1v) is 11.4. The number of aromatic nitrogens is 5. The topological polar surface area (TPSA) is 239 Å². The molecule has 0 saturated carbocycles. The van der Waals surface area contributed by atoms with E-state index in [9.17, 15) is 19.8 Å². The van der Waals surface area contributed by atoms with E-state index in [0.29, 0.717) is 11.2 Å². The molecule has 1 saturated heterocycles. The lowest BCUT2D eigenvalue weighted by atomic mass is 9.92. The van der Waals surface area contributed by atoms with Crippen molar-refractivity contribution in [1.29, 1.82) is 0 Å². The maximum absolute atomic E-state index is 11.4. The second-order valence-corrected chi connectivity index (χ2v) is 8.65. The quantitative estimate of drug-likeness (QED) is 0.195. The fourth-order valence-corrected chi connectivity index (χ4v) is 4.07. The van der Waals surface area contributed by atoms with Gasteiger partial charge in [-0.2, -0.15) is 0 Å². The van der Waals surface area contributed by atoms with E-state index in [4.69, 9.17) is 27.0 Å². The van der Waals surface area contributed by atoms with E-state index in [1.165, 1.54) is 35.6 Å². The fraction of sp³-hybridized carbons (Fsp3) is 0.391. The molecule has 0 radical (unpaired) electrons. The van der Waals surface area contributed by atoms with Gasteiger partial charge in [-0.3, -0.25) is 14.2 Å². The Bertz CT molecular complexity index is 1370. The molecule has 0 bridgehead atoms. The van der Waals surface area contributed by atoms with E-state index >= 15 is 0 Å². The zero-order valence-corrected chi connectivity index (χ0v) is 19.5. The van der Waals surface area contributed by atoms with E-state index in [-0.39, 0.29) is 36.3 Å². The number of fused-ring (bicyclic) bond motifs is 1. The summed E-state index contributed by atoms with van der Waals surface area (Å²) in [7, 11) is 0. The molecule has 6 atom stereocenters. The van der Waals surface area contributed by atoms with Crippen LogP contribution in [-0.4, -0.2) is 76.1 Å². The molecule has 9 N–H and O–H groups in total. The number of aliphatic carboxylic acids is 1. The van der Waals surface area contributed by atoms with E-state index in [1.807, 2.05) is 0 Å². The third kappa shape index (κ3) is 5.65. The average Bonchev–Trinajstić information content (AvgIpc) is 3.42. The second-order valence-electron chi connectivity index (χ2n) is 8.65. The van der Waals surface area contributed by atoms with Gasteiger partial charge in [0.2, 0.25) is 5.91 Å². The molecule has 0 spiro atoms. The average molecular weight is 511 g/mol. The van der Waals surface area contributed by atoms with Crippen molar-refractivity contribution in [2.75, 3.05) is 5.73 Å². The van der Waals surface area contributed by atoms with Gasteiger partial charge in [0.15, 0.2) is 17.7 Å². The van der Waals surface area contributed by atoms with Crippen molar-refractivity contribution in [1.82, 2.24) is 24.5 Å². The van der Waals surface area contributed by atoms with Crippen molar-refractivity contribution in [2.45, 2.75) is 49.8 Å². The van der Waals surface area contributed by atoms with Crippen LogP contribution in [0.5, 0.6) is 0 Å². The number of rotatable bonds is 8. The summed E-state index contributed by atoms with van der Waals surface area (Å²) in [4.78, 5) is 38.9. The molecule has 4 rings (SSSR count). The SMILES string of the molecule is NC(=O)c1ccnc(C#C[C@@H](CC[C@H](N)C(=O)O)C[C@H]2O[C@@H](n3cnc4c(N)ncnc43)[C@H](O)[C@@H]2O)c1. The molecular weight excluding hydrogens is 484 g/mol. The molecule has 194 valence electrons. The van der Waals surface area contributed by atoms with Gasteiger partial charge in [-0.05, 0) is 37.3 Å². The first-order valence-electron chi connectivity index (χ1n) is 11.4. The largest absolute Gasteiger partial charge is 0.480 e. The summed E-state index contributed by atoms with van der Waals surface area (Å²) in [5.74, 6) is 3.75. The molecule has 3 aromatic heterocycles. The molecule has 3 aromatic rings. The van der Waals surface area contributed by atoms with Crippen molar-refractivity contribution in [3.05, 3.63) is 42.2 Å². The van der Waals surface area contributed by atoms with E-state index in [1.54, 1.807) is 0 Å². The predicted molar refractivity (Wildman–Crippen MR) is 128 cm³/mol. The van der Waals surface area contributed by atoms with Crippen molar-refractivity contribution in [2.24, 2.45) is 17.4 Å². The van der Waals surface area contributed by atoms with Crippen LogP contribution in [0, 0.1) is 17.8 Å². The first-order chi connectivity index (χ1) is 17.7. The van der Waals surface area contributed by atoms with Crippen molar-refractivity contribution >= 4 is 28.9 Å². The third-order valence-electron chi connectivity index (χ3n) is 6.11. The lowest BCUT2D eigenvalue weighted by Gasteiger charge is -2.19. The maximum atomic E-state index is 11.4. The van der Waals surface area contributed by atoms with Crippen LogP contribution in [0.2, 0.25) is 0 Å². The van der Waals surface area contributed by atoms with Gasteiger partial charge in [0.25, 0.3) is 0 Å². The Balaban J connectivity index is 1.56. The highest BCUT2D eigenvalue weighted by atomic mass is 16.6. The minimum atomic E-state index is -1.32. The standard InChI is InChI=1S/C23H26N8O6/c24-14(23(35)36)4-2-11(1-3-13-8-12(20(26)34)5-6-27-13)7-15-17(32)18(33)22(37-15)31-10-30-16-19(25)28-9-29-21(16)31/h5-6,8-11,14-15,17-18,22,32-33H,2,4,7,24H2,(H2,26,34)(H,35,36)(H2,25,28,29)/t11-,14-,15+,17+,18+,22+/m0/s1. The maximum Gasteiger partial charge on any atom is 0.320 e. The normalized spacial score (nSPS) is 22.8. The summed E-state index contributed by atoms with van der Waals surface area (Å²) in [5.41, 5.74) is 18.0. The summed E-state index contributed by atoms with van der Waals surface area (Å²) >= 11 is 0. The molecular formula is C23H26N8O6. The summed E-state index contributed by atoms with van der Waals surface area (Å²) in [5, 5.41) is 30.6. The number of amides is 1. The van der Waals surface area contributed by atoms with Crippen LogP contribution in [0.15, 0.2) is 31.0 Å². The number of aliphatic hydroxyl groups excluding tert-OH is 2. The van der Waals surface area contributed by atoms with Gasteiger partial charge in [-0.15, -0.1) is 0 Å². The lowest BCUT2D eigenvalue weighted by Crippen LogP contribution is -2.33. The minimum absolute atomic E-state index is 0.112. The Morgan fingerprint density at radius 2 is 1.95 bits per heavy atom. The van der Waals surface area contributed by atoms with Gasteiger partial charge < -0.3 is 37.3 Å². The molecule has 14 heteroatoms. The van der Waals surface area contributed by atoms with Gasteiger partial charge in [0, 0.05) is 17.7 Å². The number of primary amides is 1. The minimum Gasteiger partial charge on any atom is -0.480 e. The number of carbonyl (C=O) groups is 2. The molecule has 4 heterocycles. The number of nitrogens with zero attached hydrogens (tertiary/aromatic N) is 5. The van der Waals surface area contributed by atoms with E-state index < -0.39 is 48.4 Å². The number of imidazole rings is 1. The van der Waals surface area contributed by atoms with E-state index in [2.05, 4.69) is 31.8 Å². The molecule has 0 aliphatic carbocycles. The van der Waals surface area contributed by atoms with Gasteiger partial charge in [0.1, 0.15) is 35.8 Å². The smallest absolute Gasteiger partial charge is 0.320 e. The summed E-state index contributed by atoms with van der Waals surface area (Å²) in [6, 6.07) is 1.80. The highest BCUT2D eigenvalue weighted by molar-refractivity contribution is 5.92. The van der Waals surface area contributed by atoms with Crippen LogP contribution in [0.4, 0.5) is 5.82 Å². The zero-order chi connectivity index (χ0) is 26.7. The molecule has 14 nitrogen and oxygen atoms in total. The van der Waals surface area contributed by atoms with Crippen LogP contribution in [-0.2, 0) is 9.53 Å². The number of nitrogens with two attached hydrogens (primary N) is 3. The van der Waals surface area contributed by atoms with E-state index in [0.717, 1.165) is 0 Å². The number of anilines is 1. The number of carboxylic acids is 1. The molecule has 0 unspecified atom stereocenters. The fourth-order valence-electron chi connectivity index (χ4n) is 4.07. The van der Waals surface area contributed by atoms with Gasteiger partial charge in [-0.25, -0.2) is 19.9 Å².